The summed E-state index contributed by atoms with van der Waals surface area (Å²) in [6, 6.07) is 9.55. The number of rotatable bonds is 3. The van der Waals surface area contributed by atoms with Gasteiger partial charge in [-0.25, -0.2) is 0 Å². The lowest BCUT2D eigenvalue weighted by Gasteiger charge is -2.42. The van der Waals surface area contributed by atoms with Crippen LogP contribution < -0.4 is 10.2 Å². The summed E-state index contributed by atoms with van der Waals surface area (Å²) < 4.78 is 0. The predicted molar refractivity (Wildman–Crippen MR) is 77.4 cm³/mol. The molecule has 98 valence electrons. The molecule has 1 aliphatic carbocycles. The summed E-state index contributed by atoms with van der Waals surface area (Å²) in [5.74, 6) is 0.907. The minimum atomic E-state index is 0.596. The predicted octanol–water partition coefficient (Wildman–Crippen LogP) is 3.31. The standard InChI is InChI=1S/C15H21ClN2/c1-2-13-9-17-15(11-6-7-11)10-18(13)14-5-3-4-12(16)8-14/h3-5,8,11,13,15,17H,2,6-7,9-10H2,1H3. The molecular weight excluding hydrogens is 244 g/mol. The molecule has 1 aliphatic heterocycles. The maximum Gasteiger partial charge on any atom is 0.0426 e. The van der Waals surface area contributed by atoms with E-state index in [2.05, 4.69) is 35.3 Å². The smallest absolute Gasteiger partial charge is 0.0426 e. The lowest BCUT2D eigenvalue weighted by atomic mass is 10.0. The molecule has 3 heteroatoms. The number of hydrogen-bond acceptors (Lipinski definition) is 2. The third-order valence-electron chi connectivity index (χ3n) is 4.25. The highest BCUT2D eigenvalue weighted by molar-refractivity contribution is 6.30. The van der Waals surface area contributed by atoms with Gasteiger partial charge in [0.05, 0.1) is 0 Å². The Morgan fingerprint density at radius 1 is 1.39 bits per heavy atom. The van der Waals surface area contributed by atoms with Gasteiger partial charge in [0.1, 0.15) is 0 Å². The minimum absolute atomic E-state index is 0.596. The van der Waals surface area contributed by atoms with Gasteiger partial charge in [-0.3, -0.25) is 0 Å². The number of hydrogen-bond donors (Lipinski definition) is 1. The molecule has 1 aromatic carbocycles. The van der Waals surface area contributed by atoms with Gasteiger partial charge in [-0.1, -0.05) is 24.6 Å². The van der Waals surface area contributed by atoms with Crippen molar-refractivity contribution in [3.8, 4) is 0 Å². The Bertz CT molecular complexity index is 417. The summed E-state index contributed by atoms with van der Waals surface area (Å²) in [6.45, 7) is 4.50. The third kappa shape index (κ3) is 2.50. The normalized spacial score (nSPS) is 28.4. The molecule has 0 aromatic heterocycles. The first-order valence-corrected chi connectivity index (χ1v) is 7.41. The minimum Gasteiger partial charge on any atom is -0.366 e. The monoisotopic (exact) mass is 264 g/mol. The number of piperazine rings is 1. The van der Waals surface area contributed by atoms with E-state index in [1.807, 2.05) is 6.07 Å². The van der Waals surface area contributed by atoms with Crippen LogP contribution in [-0.2, 0) is 0 Å². The van der Waals surface area contributed by atoms with Crippen LogP contribution in [0.3, 0.4) is 0 Å². The summed E-state index contributed by atoms with van der Waals surface area (Å²) in [5, 5.41) is 4.56. The van der Waals surface area contributed by atoms with Crippen LogP contribution in [0.25, 0.3) is 0 Å². The summed E-state index contributed by atoms with van der Waals surface area (Å²) in [4.78, 5) is 2.55. The molecule has 2 nitrogen and oxygen atoms in total. The van der Waals surface area contributed by atoms with Crippen molar-refractivity contribution < 1.29 is 0 Å². The fourth-order valence-electron chi connectivity index (χ4n) is 2.97. The summed E-state index contributed by atoms with van der Waals surface area (Å²) in [6.07, 6.45) is 3.98. The molecule has 0 amide bonds. The number of anilines is 1. The SMILES string of the molecule is CCC1CNC(C2CC2)CN1c1cccc(Cl)c1. The molecule has 1 N–H and O–H groups in total. The van der Waals surface area contributed by atoms with Crippen LogP contribution in [0.4, 0.5) is 5.69 Å². The van der Waals surface area contributed by atoms with Gasteiger partial charge in [-0.05, 0) is 43.4 Å². The quantitative estimate of drug-likeness (QED) is 0.901. The van der Waals surface area contributed by atoms with Crippen molar-refractivity contribution in [1.29, 1.82) is 0 Å². The van der Waals surface area contributed by atoms with Gasteiger partial charge in [-0.2, -0.15) is 0 Å². The summed E-state index contributed by atoms with van der Waals surface area (Å²) >= 11 is 6.12. The van der Waals surface area contributed by atoms with Gasteiger partial charge in [0.2, 0.25) is 0 Å². The Labute approximate surface area is 114 Å². The van der Waals surface area contributed by atoms with Crippen LogP contribution in [-0.4, -0.2) is 25.2 Å². The van der Waals surface area contributed by atoms with Crippen molar-refractivity contribution in [3.63, 3.8) is 0 Å². The maximum absolute atomic E-state index is 6.12. The highest BCUT2D eigenvalue weighted by atomic mass is 35.5. The number of benzene rings is 1. The second kappa shape index (κ2) is 5.10. The topological polar surface area (TPSA) is 15.3 Å². The Balaban J connectivity index is 1.80. The molecule has 0 bridgehead atoms. The summed E-state index contributed by atoms with van der Waals surface area (Å²) in [7, 11) is 0. The molecule has 1 saturated carbocycles. The van der Waals surface area contributed by atoms with Crippen molar-refractivity contribution in [2.24, 2.45) is 5.92 Å². The highest BCUT2D eigenvalue weighted by Gasteiger charge is 2.36. The number of halogens is 1. The van der Waals surface area contributed by atoms with Gasteiger partial charge in [0.15, 0.2) is 0 Å². The average Bonchev–Trinajstić information content (AvgIpc) is 3.22. The fourth-order valence-corrected chi connectivity index (χ4v) is 3.16. The molecule has 2 unspecified atom stereocenters. The first-order valence-electron chi connectivity index (χ1n) is 7.03. The third-order valence-corrected chi connectivity index (χ3v) is 4.49. The van der Waals surface area contributed by atoms with E-state index in [9.17, 15) is 0 Å². The number of nitrogens with one attached hydrogen (secondary N) is 1. The van der Waals surface area contributed by atoms with Crippen molar-refractivity contribution in [3.05, 3.63) is 29.3 Å². The van der Waals surface area contributed by atoms with E-state index in [-0.39, 0.29) is 0 Å². The Morgan fingerprint density at radius 3 is 2.89 bits per heavy atom. The van der Waals surface area contributed by atoms with E-state index in [4.69, 9.17) is 11.6 Å². The zero-order chi connectivity index (χ0) is 12.5. The molecule has 3 rings (SSSR count). The van der Waals surface area contributed by atoms with E-state index in [0.29, 0.717) is 12.1 Å². The van der Waals surface area contributed by atoms with Crippen LogP contribution in [0.5, 0.6) is 0 Å². The maximum atomic E-state index is 6.12. The number of nitrogens with zero attached hydrogens (tertiary/aromatic N) is 1. The van der Waals surface area contributed by atoms with E-state index < -0.39 is 0 Å². The molecule has 2 atom stereocenters. The lowest BCUT2D eigenvalue weighted by Crippen LogP contribution is -2.57. The summed E-state index contributed by atoms with van der Waals surface area (Å²) in [5.41, 5.74) is 1.28. The molecule has 1 heterocycles. The van der Waals surface area contributed by atoms with Crippen molar-refractivity contribution in [1.82, 2.24) is 5.32 Å². The van der Waals surface area contributed by atoms with Crippen LogP contribution in [0, 0.1) is 5.92 Å². The molecule has 18 heavy (non-hydrogen) atoms. The van der Waals surface area contributed by atoms with E-state index in [0.717, 1.165) is 24.0 Å². The van der Waals surface area contributed by atoms with Gasteiger partial charge in [-0.15, -0.1) is 0 Å². The van der Waals surface area contributed by atoms with Gasteiger partial charge in [0, 0.05) is 35.9 Å². The zero-order valence-corrected chi connectivity index (χ0v) is 11.7. The molecule has 2 aliphatic rings. The molecule has 1 saturated heterocycles. The largest absolute Gasteiger partial charge is 0.366 e. The van der Waals surface area contributed by atoms with Gasteiger partial charge in [0.25, 0.3) is 0 Å². The zero-order valence-electron chi connectivity index (χ0n) is 10.9. The van der Waals surface area contributed by atoms with Gasteiger partial charge >= 0.3 is 0 Å². The van der Waals surface area contributed by atoms with Gasteiger partial charge < -0.3 is 10.2 Å². The van der Waals surface area contributed by atoms with Crippen molar-refractivity contribution in [2.75, 3.05) is 18.0 Å². The second-order valence-electron chi connectivity index (χ2n) is 5.55. The first-order chi connectivity index (χ1) is 8.78. The van der Waals surface area contributed by atoms with Crippen molar-refractivity contribution in [2.45, 2.75) is 38.3 Å². The van der Waals surface area contributed by atoms with Crippen LogP contribution in [0.1, 0.15) is 26.2 Å². The molecule has 2 fully saturated rings. The van der Waals surface area contributed by atoms with Crippen LogP contribution in [0.15, 0.2) is 24.3 Å². The van der Waals surface area contributed by atoms with Crippen LogP contribution >= 0.6 is 11.6 Å². The average molecular weight is 265 g/mol. The van der Waals surface area contributed by atoms with E-state index in [1.165, 1.54) is 24.9 Å². The van der Waals surface area contributed by atoms with Crippen LogP contribution in [0.2, 0.25) is 5.02 Å². The second-order valence-corrected chi connectivity index (χ2v) is 5.98. The highest BCUT2D eigenvalue weighted by Crippen LogP contribution is 2.35. The molecule has 1 aromatic rings. The lowest BCUT2D eigenvalue weighted by molar-refractivity contribution is 0.360. The van der Waals surface area contributed by atoms with Crippen molar-refractivity contribution >= 4 is 17.3 Å². The van der Waals surface area contributed by atoms with E-state index >= 15 is 0 Å². The molecule has 0 spiro atoms. The van der Waals surface area contributed by atoms with E-state index in [1.54, 1.807) is 0 Å². The molecular formula is C15H21ClN2. The Kier molecular flexibility index (Phi) is 3.49. The fraction of sp³-hybridized carbons (Fsp3) is 0.600. The Morgan fingerprint density at radius 2 is 2.22 bits per heavy atom. The first kappa shape index (κ1) is 12.3. The molecule has 0 radical (unpaired) electrons. The Hall–Kier alpha value is -0.730.